The Hall–Kier alpha value is -1.23. The number of likely N-dealkylation sites (tertiary alicyclic amines) is 1. The van der Waals surface area contributed by atoms with Crippen molar-refractivity contribution in [2.24, 2.45) is 0 Å². The van der Waals surface area contributed by atoms with Gasteiger partial charge in [0.15, 0.2) is 0 Å². The molecule has 1 aromatic rings. The zero-order valence-electron chi connectivity index (χ0n) is 9.89. The molecule has 0 aliphatic carbocycles. The standard InChI is InChI=1S/C11H18N4O/c1-13(2)10-6-12-15-7-9(8-16-11(10)15)14-4-3-5-14/h6,9H,3-5,7-8H2,1-2H3. The van der Waals surface area contributed by atoms with Gasteiger partial charge in [-0.3, -0.25) is 4.90 Å². The van der Waals surface area contributed by atoms with E-state index in [1.54, 1.807) is 0 Å². The number of anilines is 1. The molecule has 88 valence electrons. The number of rotatable bonds is 2. The Morgan fingerprint density at radius 2 is 2.25 bits per heavy atom. The maximum Gasteiger partial charge on any atom is 0.236 e. The lowest BCUT2D eigenvalue weighted by Crippen LogP contribution is -2.51. The summed E-state index contributed by atoms with van der Waals surface area (Å²) in [7, 11) is 4.03. The summed E-state index contributed by atoms with van der Waals surface area (Å²) < 4.78 is 7.83. The van der Waals surface area contributed by atoms with E-state index in [9.17, 15) is 0 Å². The summed E-state index contributed by atoms with van der Waals surface area (Å²) in [6, 6.07) is 0.510. The molecular weight excluding hydrogens is 204 g/mol. The predicted octanol–water partition coefficient (Wildman–Crippen LogP) is 0.416. The highest BCUT2D eigenvalue weighted by molar-refractivity contribution is 5.53. The van der Waals surface area contributed by atoms with E-state index >= 15 is 0 Å². The largest absolute Gasteiger partial charge is 0.475 e. The highest BCUT2D eigenvalue weighted by atomic mass is 16.5. The zero-order chi connectivity index (χ0) is 11.1. The minimum Gasteiger partial charge on any atom is -0.475 e. The first kappa shape index (κ1) is 9.96. The molecule has 2 aliphatic rings. The lowest BCUT2D eigenvalue weighted by atomic mass is 10.1. The van der Waals surface area contributed by atoms with Gasteiger partial charge in [0.1, 0.15) is 12.3 Å². The third-order valence-electron chi connectivity index (χ3n) is 3.46. The van der Waals surface area contributed by atoms with Crippen molar-refractivity contribution in [3.05, 3.63) is 6.20 Å². The summed E-state index contributed by atoms with van der Waals surface area (Å²) >= 11 is 0. The van der Waals surface area contributed by atoms with Crippen molar-refractivity contribution in [2.75, 3.05) is 38.7 Å². The predicted molar refractivity (Wildman–Crippen MR) is 62.0 cm³/mol. The van der Waals surface area contributed by atoms with E-state index in [4.69, 9.17) is 4.74 Å². The minimum atomic E-state index is 0.510. The molecule has 5 heteroatoms. The molecule has 1 unspecified atom stereocenters. The van der Waals surface area contributed by atoms with Crippen LogP contribution in [-0.2, 0) is 6.54 Å². The second-order valence-electron chi connectivity index (χ2n) is 4.77. The first-order chi connectivity index (χ1) is 7.75. The van der Waals surface area contributed by atoms with Gasteiger partial charge in [-0.1, -0.05) is 0 Å². The van der Waals surface area contributed by atoms with E-state index in [2.05, 4.69) is 10.00 Å². The van der Waals surface area contributed by atoms with Crippen LogP contribution in [0.2, 0.25) is 0 Å². The molecule has 16 heavy (non-hydrogen) atoms. The second-order valence-corrected chi connectivity index (χ2v) is 4.77. The number of nitrogens with zero attached hydrogens (tertiary/aromatic N) is 4. The Morgan fingerprint density at radius 1 is 1.44 bits per heavy atom. The summed E-state index contributed by atoms with van der Waals surface area (Å²) in [5.74, 6) is 0.918. The van der Waals surface area contributed by atoms with Gasteiger partial charge in [0.2, 0.25) is 5.88 Å². The van der Waals surface area contributed by atoms with Crippen LogP contribution in [0.25, 0.3) is 0 Å². The highest BCUT2D eigenvalue weighted by Gasteiger charge is 2.30. The molecule has 0 saturated carbocycles. The van der Waals surface area contributed by atoms with E-state index in [0.29, 0.717) is 6.04 Å². The molecule has 2 aliphatic heterocycles. The van der Waals surface area contributed by atoms with E-state index in [1.165, 1.54) is 19.5 Å². The second kappa shape index (κ2) is 3.66. The van der Waals surface area contributed by atoms with E-state index in [1.807, 2.05) is 29.9 Å². The van der Waals surface area contributed by atoms with Crippen LogP contribution in [0.4, 0.5) is 5.69 Å². The number of hydrogen-bond acceptors (Lipinski definition) is 4. The third kappa shape index (κ3) is 1.46. The molecule has 1 fully saturated rings. The van der Waals surface area contributed by atoms with Crippen LogP contribution in [0.15, 0.2) is 6.20 Å². The molecule has 0 N–H and O–H groups in total. The van der Waals surface area contributed by atoms with Gasteiger partial charge < -0.3 is 9.64 Å². The fourth-order valence-electron chi connectivity index (χ4n) is 2.30. The van der Waals surface area contributed by atoms with Crippen molar-refractivity contribution in [2.45, 2.75) is 19.0 Å². The van der Waals surface area contributed by atoms with Crippen LogP contribution >= 0.6 is 0 Å². The molecule has 5 nitrogen and oxygen atoms in total. The Balaban J connectivity index is 1.79. The summed E-state index contributed by atoms with van der Waals surface area (Å²) in [5, 5.41) is 4.39. The lowest BCUT2D eigenvalue weighted by molar-refractivity contribution is 0.0434. The van der Waals surface area contributed by atoms with E-state index in [0.717, 1.165) is 24.7 Å². The smallest absolute Gasteiger partial charge is 0.236 e. The van der Waals surface area contributed by atoms with Crippen molar-refractivity contribution < 1.29 is 4.74 Å². The normalized spacial score (nSPS) is 24.5. The summed E-state index contributed by atoms with van der Waals surface area (Å²) in [5.41, 5.74) is 1.07. The Labute approximate surface area is 95.6 Å². The average Bonchev–Trinajstić information content (AvgIpc) is 2.57. The van der Waals surface area contributed by atoms with Crippen LogP contribution in [0, 0.1) is 0 Å². The molecule has 0 radical (unpaired) electrons. The molecule has 1 saturated heterocycles. The Kier molecular flexibility index (Phi) is 2.28. The molecule has 3 rings (SSSR count). The summed E-state index contributed by atoms with van der Waals surface area (Å²) in [6.07, 6.45) is 3.21. The molecule has 1 atom stereocenters. The van der Waals surface area contributed by atoms with Crippen LogP contribution < -0.4 is 9.64 Å². The quantitative estimate of drug-likeness (QED) is 0.726. The molecule has 1 aromatic heterocycles. The van der Waals surface area contributed by atoms with Crippen LogP contribution in [-0.4, -0.2) is 54.5 Å². The number of ether oxygens (including phenoxy) is 1. The minimum absolute atomic E-state index is 0.510. The van der Waals surface area contributed by atoms with E-state index in [-0.39, 0.29) is 0 Å². The fourth-order valence-corrected chi connectivity index (χ4v) is 2.30. The monoisotopic (exact) mass is 222 g/mol. The number of fused-ring (bicyclic) bond motifs is 1. The number of aromatic nitrogens is 2. The summed E-state index contributed by atoms with van der Waals surface area (Å²) in [6.45, 7) is 4.19. The molecule has 0 aromatic carbocycles. The molecule has 0 spiro atoms. The molecular formula is C11H18N4O. The van der Waals surface area contributed by atoms with Crippen LogP contribution in [0.3, 0.4) is 0 Å². The van der Waals surface area contributed by atoms with Crippen molar-refractivity contribution in [1.82, 2.24) is 14.7 Å². The van der Waals surface area contributed by atoms with Crippen molar-refractivity contribution in [3.8, 4) is 5.88 Å². The van der Waals surface area contributed by atoms with Gasteiger partial charge in [-0.15, -0.1) is 0 Å². The summed E-state index contributed by atoms with van der Waals surface area (Å²) in [4.78, 5) is 4.52. The lowest BCUT2D eigenvalue weighted by Gasteiger charge is -2.40. The van der Waals surface area contributed by atoms with Crippen LogP contribution in [0.1, 0.15) is 6.42 Å². The Bertz CT molecular complexity index is 383. The SMILES string of the molecule is CN(C)c1cnn2c1OCC(N1CCC1)C2. The first-order valence-electron chi connectivity index (χ1n) is 5.85. The molecule has 3 heterocycles. The Morgan fingerprint density at radius 3 is 2.88 bits per heavy atom. The first-order valence-corrected chi connectivity index (χ1v) is 5.85. The van der Waals surface area contributed by atoms with E-state index < -0.39 is 0 Å². The molecule has 0 amide bonds. The van der Waals surface area contributed by atoms with Gasteiger partial charge in [0.25, 0.3) is 0 Å². The number of hydrogen-bond donors (Lipinski definition) is 0. The van der Waals surface area contributed by atoms with Gasteiger partial charge in [-0.05, 0) is 19.5 Å². The van der Waals surface area contributed by atoms with Crippen LogP contribution in [0.5, 0.6) is 5.88 Å². The van der Waals surface area contributed by atoms with Gasteiger partial charge >= 0.3 is 0 Å². The van der Waals surface area contributed by atoms with Gasteiger partial charge in [-0.25, -0.2) is 4.68 Å². The molecule has 0 bridgehead atoms. The average molecular weight is 222 g/mol. The van der Waals surface area contributed by atoms with Gasteiger partial charge in [0, 0.05) is 14.1 Å². The maximum absolute atomic E-state index is 5.84. The zero-order valence-corrected chi connectivity index (χ0v) is 9.89. The third-order valence-corrected chi connectivity index (χ3v) is 3.46. The highest BCUT2D eigenvalue weighted by Crippen LogP contribution is 2.30. The topological polar surface area (TPSA) is 33.5 Å². The fraction of sp³-hybridized carbons (Fsp3) is 0.727. The van der Waals surface area contributed by atoms with Crippen molar-refractivity contribution in [1.29, 1.82) is 0 Å². The van der Waals surface area contributed by atoms with Gasteiger partial charge in [-0.2, -0.15) is 5.10 Å². The van der Waals surface area contributed by atoms with Crippen molar-refractivity contribution in [3.63, 3.8) is 0 Å². The van der Waals surface area contributed by atoms with Gasteiger partial charge in [0.05, 0.1) is 18.8 Å². The maximum atomic E-state index is 5.84. The van der Waals surface area contributed by atoms with Crippen molar-refractivity contribution >= 4 is 5.69 Å².